The highest BCUT2D eigenvalue weighted by atomic mass is 16.5. The van der Waals surface area contributed by atoms with Gasteiger partial charge in [0.05, 0.1) is 12.7 Å². The topological polar surface area (TPSA) is 41.7 Å². The van der Waals surface area contributed by atoms with Gasteiger partial charge in [0.25, 0.3) is 0 Å². The quantitative estimate of drug-likeness (QED) is 0.831. The van der Waals surface area contributed by atoms with Gasteiger partial charge in [-0.05, 0) is 39.2 Å². The molecule has 2 heterocycles. The number of likely N-dealkylation sites (tertiary alicyclic amines) is 1. The molecular weight excluding hydrogens is 238 g/mol. The van der Waals surface area contributed by atoms with Gasteiger partial charge in [-0.2, -0.15) is 0 Å². The second kappa shape index (κ2) is 7.02. The molecule has 112 valence electrons. The molecule has 0 aliphatic carbocycles. The largest absolute Gasteiger partial charge is 0.374 e. The third-order valence-corrected chi connectivity index (χ3v) is 4.71. The van der Waals surface area contributed by atoms with Crippen LogP contribution in [0.15, 0.2) is 0 Å². The van der Waals surface area contributed by atoms with Crippen molar-refractivity contribution >= 4 is 0 Å². The van der Waals surface area contributed by atoms with Crippen LogP contribution in [-0.4, -0.2) is 67.3 Å². The van der Waals surface area contributed by atoms with Gasteiger partial charge in [-0.3, -0.25) is 9.80 Å². The minimum Gasteiger partial charge on any atom is -0.374 e. The van der Waals surface area contributed by atoms with Crippen molar-refractivity contribution in [2.24, 2.45) is 11.7 Å². The van der Waals surface area contributed by atoms with Gasteiger partial charge in [-0.1, -0.05) is 6.92 Å². The lowest BCUT2D eigenvalue weighted by Crippen LogP contribution is -2.54. The fraction of sp³-hybridized carbons (Fsp3) is 1.00. The van der Waals surface area contributed by atoms with Crippen LogP contribution in [0, 0.1) is 5.92 Å². The van der Waals surface area contributed by atoms with Gasteiger partial charge in [0, 0.05) is 38.3 Å². The summed E-state index contributed by atoms with van der Waals surface area (Å²) < 4.78 is 5.96. The minimum atomic E-state index is 0.360. The van der Waals surface area contributed by atoms with E-state index in [-0.39, 0.29) is 0 Å². The first kappa shape index (κ1) is 15.2. The Labute approximate surface area is 118 Å². The summed E-state index contributed by atoms with van der Waals surface area (Å²) in [6, 6.07) is 1.18. The van der Waals surface area contributed by atoms with E-state index in [1.807, 2.05) is 0 Å². The summed E-state index contributed by atoms with van der Waals surface area (Å²) >= 11 is 0. The molecule has 2 rings (SSSR count). The zero-order valence-electron chi connectivity index (χ0n) is 12.8. The number of nitrogens with zero attached hydrogens (tertiary/aromatic N) is 2. The summed E-state index contributed by atoms with van der Waals surface area (Å²) in [4.78, 5) is 5.09. The Morgan fingerprint density at radius 3 is 2.79 bits per heavy atom. The minimum absolute atomic E-state index is 0.360. The fourth-order valence-corrected chi connectivity index (χ4v) is 3.37. The number of hydrogen-bond acceptors (Lipinski definition) is 4. The number of nitrogens with two attached hydrogens (primary N) is 1. The Balaban J connectivity index is 1.85. The molecule has 3 atom stereocenters. The van der Waals surface area contributed by atoms with Gasteiger partial charge in [-0.25, -0.2) is 0 Å². The van der Waals surface area contributed by atoms with Crippen molar-refractivity contribution in [3.63, 3.8) is 0 Å². The molecule has 2 aliphatic heterocycles. The van der Waals surface area contributed by atoms with E-state index in [1.165, 1.54) is 19.4 Å². The normalized spacial score (nSPS) is 34.9. The first-order valence-corrected chi connectivity index (χ1v) is 7.90. The average molecular weight is 269 g/mol. The predicted molar refractivity (Wildman–Crippen MR) is 79.3 cm³/mol. The SMILES string of the molecule is CC1CCN(CC2CN(C(C)C)CCO2)C(CN)C1. The molecule has 4 nitrogen and oxygen atoms in total. The van der Waals surface area contributed by atoms with Crippen molar-refractivity contribution in [3.05, 3.63) is 0 Å². The number of piperidine rings is 1. The van der Waals surface area contributed by atoms with Crippen LogP contribution in [0.5, 0.6) is 0 Å². The highest BCUT2D eigenvalue weighted by molar-refractivity contribution is 4.84. The molecule has 0 aromatic heterocycles. The molecule has 0 bridgehead atoms. The molecule has 2 aliphatic rings. The molecule has 3 unspecified atom stereocenters. The molecule has 19 heavy (non-hydrogen) atoms. The van der Waals surface area contributed by atoms with Crippen LogP contribution >= 0.6 is 0 Å². The van der Waals surface area contributed by atoms with Crippen LogP contribution in [0.3, 0.4) is 0 Å². The Morgan fingerprint density at radius 2 is 2.11 bits per heavy atom. The van der Waals surface area contributed by atoms with Crippen LogP contribution in [0.1, 0.15) is 33.6 Å². The summed E-state index contributed by atoms with van der Waals surface area (Å²) in [6.07, 6.45) is 2.91. The zero-order valence-corrected chi connectivity index (χ0v) is 12.8. The maximum absolute atomic E-state index is 5.96. The van der Waals surface area contributed by atoms with Crippen LogP contribution in [0.25, 0.3) is 0 Å². The maximum Gasteiger partial charge on any atom is 0.0829 e. The predicted octanol–water partition coefficient (Wildman–Crippen LogP) is 1.15. The van der Waals surface area contributed by atoms with Crippen LogP contribution < -0.4 is 5.73 Å². The summed E-state index contributed by atoms with van der Waals surface area (Å²) in [5.74, 6) is 0.823. The molecule has 0 amide bonds. The monoisotopic (exact) mass is 269 g/mol. The van der Waals surface area contributed by atoms with Gasteiger partial charge in [0.1, 0.15) is 0 Å². The van der Waals surface area contributed by atoms with E-state index in [2.05, 4.69) is 30.6 Å². The molecule has 0 radical (unpaired) electrons. The lowest BCUT2D eigenvalue weighted by molar-refractivity contribution is -0.0613. The Morgan fingerprint density at radius 1 is 1.32 bits per heavy atom. The molecule has 2 fully saturated rings. The zero-order chi connectivity index (χ0) is 13.8. The van der Waals surface area contributed by atoms with E-state index in [9.17, 15) is 0 Å². The van der Waals surface area contributed by atoms with Gasteiger partial charge >= 0.3 is 0 Å². The van der Waals surface area contributed by atoms with Crippen LogP contribution in [0.4, 0.5) is 0 Å². The van der Waals surface area contributed by atoms with Gasteiger partial charge in [0.2, 0.25) is 0 Å². The maximum atomic E-state index is 5.96. The van der Waals surface area contributed by atoms with E-state index >= 15 is 0 Å². The fourth-order valence-electron chi connectivity index (χ4n) is 3.37. The van der Waals surface area contributed by atoms with E-state index < -0.39 is 0 Å². The molecule has 2 N–H and O–H groups in total. The third-order valence-electron chi connectivity index (χ3n) is 4.71. The molecule has 2 saturated heterocycles. The van der Waals surface area contributed by atoms with Gasteiger partial charge < -0.3 is 10.5 Å². The van der Waals surface area contributed by atoms with Crippen LogP contribution in [-0.2, 0) is 4.74 Å². The Hall–Kier alpha value is -0.160. The second-order valence-corrected chi connectivity index (χ2v) is 6.60. The van der Waals surface area contributed by atoms with Crippen molar-refractivity contribution in [2.45, 2.75) is 51.8 Å². The third kappa shape index (κ3) is 4.15. The molecular formula is C15H31N3O. The van der Waals surface area contributed by atoms with E-state index in [1.54, 1.807) is 0 Å². The summed E-state index contributed by atoms with van der Waals surface area (Å²) in [5.41, 5.74) is 5.94. The first-order valence-electron chi connectivity index (χ1n) is 7.90. The molecule has 0 aromatic rings. The molecule has 0 spiro atoms. The van der Waals surface area contributed by atoms with Crippen molar-refractivity contribution < 1.29 is 4.74 Å². The molecule has 4 heteroatoms. The number of morpholine rings is 1. The Bertz CT molecular complexity index is 272. The lowest BCUT2D eigenvalue weighted by atomic mass is 9.92. The number of rotatable bonds is 4. The van der Waals surface area contributed by atoms with Gasteiger partial charge in [-0.15, -0.1) is 0 Å². The second-order valence-electron chi connectivity index (χ2n) is 6.60. The van der Waals surface area contributed by atoms with Crippen LogP contribution in [0.2, 0.25) is 0 Å². The first-order chi connectivity index (χ1) is 9.10. The Kier molecular flexibility index (Phi) is 5.63. The summed E-state index contributed by atoms with van der Waals surface area (Å²) in [6.45, 7) is 12.9. The van der Waals surface area contributed by atoms with Crippen molar-refractivity contribution in [1.29, 1.82) is 0 Å². The molecule has 0 saturated carbocycles. The summed E-state index contributed by atoms with van der Waals surface area (Å²) in [5, 5.41) is 0. The highest BCUT2D eigenvalue weighted by Crippen LogP contribution is 2.23. The van der Waals surface area contributed by atoms with Gasteiger partial charge in [0.15, 0.2) is 0 Å². The van der Waals surface area contributed by atoms with Crippen molar-refractivity contribution in [3.8, 4) is 0 Å². The smallest absolute Gasteiger partial charge is 0.0829 e. The van der Waals surface area contributed by atoms with E-state index in [0.29, 0.717) is 18.2 Å². The number of hydrogen-bond donors (Lipinski definition) is 1. The molecule has 0 aromatic carbocycles. The highest BCUT2D eigenvalue weighted by Gasteiger charge is 2.30. The number of ether oxygens (including phenoxy) is 1. The van der Waals surface area contributed by atoms with Crippen molar-refractivity contribution in [2.75, 3.05) is 39.3 Å². The van der Waals surface area contributed by atoms with E-state index in [4.69, 9.17) is 10.5 Å². The van der Waals surface area contributed by atoms with E-state index in [0.717, 1.165) is 38.7 Å². The standard InChI is InChI=1S/C15H31N3O/c1-12(2)17-6-7-19-15(10-17)11-18-5-4-13(3)8-14(18)9-16/h12-15H,4-11,16H2,1-3H3. The summed E-state index contributed by atoms with van der Waals surface area (Å²) in [7, 11) is 0. The van der Waals surface area contributed by atoms with Crippen molar-refractivity contribution in [1.82, 2.24) is 9.80 Å². The average Bonchev–Trinajstić information content (AvgIpc) is 2.41. The lowest BCUT2D eigenvalue weighted by Gasteiger charge is -2.42.